The molecular formula is C18H14F3N3O2. The minimum Gasteiger partial charge on any atom is -0.463 e. The first kappa shape index (κ1) is 17.5. The molecule has 26 heavy (non-hydrogen) atoms. The molecule has 3 rings (SSSR count). The summed E-state index contributed by atoms with van der Waals surface area (Å²) < 4.78 is 44.1. The van der Waals surface area contributed by atoms with Gasteiger partial charge in [-0.2, -0.15) is 13.2 Å². The number of alkyl halides is 3. The van der Waals surface area contributed by atoms with Crippen LogP contribution in [0.5, 0.6) is 0 Å². The van der Waals surface area contributed by atoms with Crippen LogP contribution in [0.1, 0.15) is 11.1 Å². The Bertz CT molecular complexity index is 893. The molecule has 5 nitrogen and oxygen atoms in total. The summed E-state index contributed by atoms with van der Waals surface area (Å²) >= 11 is 0. The minimum absolute atomic E-state index is 0.121. The molecule has 2 N–H and O–H groups in total. The van der Waals surface area contributed by atoms with E-state index in [4.69, 9.17) is 4.42 Å². The summed E-state index contributed by atoms with van der Waals surface area (Å²) in [7, 11) is 0. The molecule has 0 atom stereocenters. The number of halogens is 3. The van der Waals surface area contributed by atoms with Gasteiger partial charge in [-0.3, -0.25) is 4.98 Å². The zero-order chi connectivity index (χ0) is 18.6. The zero-order valence-electron chi connectivity index (χ0n) is 13.4. The summed E-state index contributed by atoms with van der Waals surface area (Å²) in [6, 6.07) is 10.9. The molecule has 0 aliphatic rings. The van der Waals surface area contributed by atoms with Crippen molar-refractivity contribution in [3.63, 3.8) is 0 Å². The molecule has 3 aromatic rings. The van der Waals surface area contributed by atoms with E-state index in [1.54, 1.807) is 30.5 Å². The first-order valence-electron chi connectivity index (χ1n) is 7.63. The molecule has 0 fully saturated rings. The third-order valence-corrected chi connectivity index (χ3v) is 3.53. The molecule has 0 unspecified atom stereocenters. The van der Waals surface area contributed by atoms with Gasteiger partial charge in [0.1, 0.15) is 5.69 Å². The Kier molecular flexibility index (Phi) is 4.92. The fraction of sp³-hybridized carbons (Fsp3) is 0.111. The molecule has 0 bridgehead atoms. The van der Waals surface area contributed by atoms with E-state index in [2.05, 4.69) is 15.6 Å². The summed E-state index contributed by atoms with van der Waals surface area (Å²) in [5, 5.41) is 4.75. The molecule has 0 radical (unpaired) electrons. The summed E-state index contributed by atoms with van der Waals surface area (Å²) in [5.74, 6) is 0.579. The lowest BCUT2D eigenvalue weighted by Gasteiger charge is -2.14. The van der Waals surface area contributed by atoms with E-state index < -0.39 is 17.8 Å². The molecule has 0 saturated carbocycles. The lowest BCUT2D eigenvalue weighted by Crippen LogP contribution is -2.29. The summed E-state index contributed by atoms with van der Waals surface area (Å²) in [6.07, 6.45) is -1.47. The van der Waals surface area contributed by atoms with Gasteiger partial charge in [-0.25, -0.2) is 4.79 Å². The smallest absolute Gasteiger partial charge is 0.418 e. The standard InChI is InChI=1S/C18H14F3N3O2/c19-18(20,21)13-4-1-2-5-14(13)24-17(25)23-11-12-7-8-22-15(10-12)16-6-3-9-26-16/h1-10H,11H2,(H2,23,24,25). The van der Waals surface area contributed by atoms with Gasteiger partial charge in [0.25, 0.3) is 0 Å². The third kappa shape index (κ3) is 4.21. The van der Waals surface area contributed by atoms with Gasteiger partial charge in [0, 0.05) is 12.7 Å². The summed E-state index contributed by atoms with van der Waals surface area (Å²) in [4.78, 5) is 16.1. The molecule has 0 spiro atoms. The largest absolute Gasteiger partial charge is 0.463 e. The van der Waals surface area contributed by atoms with Gasteiger partial charge in [0.05, 0.1) is 17.5 Å². The van der Waals surface area contributed by atoms with Crippen LogP contribution in [0.25, 0.3) is 11.5 Å². The Hall–Kier alpha value is -3.29. The van der Waals surface area contributed by atoms with E-state index >= 15 is 0 Å². The molecule has 2 amide bonds. The monoisotopic (exact) mass is 361 g/mol. The number of rotatable bonds is 4. The van der Waals surface area contributed by atoms with E-state index in [1.165, 1.54) is 24.5 Å². The molecular weight excluding hydrogens is 347 g/mol. The number of benzene rings is 1. The number of furan rings is 1. The molecule has 8 heteroatoms. The van der Waals surface area contributed by atoms with Crippen LogP contribution in [0.4, 0.5) is 23.7 Å². The van der Waals surface area contributed by atoms with Crippen molar-refractivity contribution >= 4 is 11.7 Å². The summed E-state index contributed by atoms with van der Waals surface area (Å²) in [6.45, 7) is 0.121. The van der Waals surface area contributed by atoms with Crippen LogP contribution < -0.4 is 10.6 Å². The van der Waals surface area contributed by atoms with Crippen LogP contribution in [0.2, 0.25) is 0 Å². The predicted molar refractivity (Wildman–Crippen MR) is 89.2 cm³/mol. The Morgan fingerprint density at radius 1 is 1.12 bits per heavy atom. The van der Waals surface area contributed by atoms with Crippen LogP contribution in [0.15, 0.2) is 65.4 Å². The molecule has 0 aliphatic carbocycles. The highest BCUT2D eigenvalue weighted by atomic mass is 19.4. The van der Waals surface area contributed by atoms with Gasteiger partial charge in [0.2, 0.25) is 0 Å². The number of nitrogens with one attached hydrogen (secondary N) is 2. The lowest BCUT2D eigenvalue weighted by molar-refractivity contribution is -0.136. The molecule has 2 aromatic heterocycles. The Labute approximate surface area is 146 Å². The van der Waals surface area contributed by atoms with E-state index in [0.717, 1.165) is 11.6 Å². The van der Waals surface area contributed by atoms with Crippen molar-refractivity contribution in [2.24, 2.45) is 0 Å². The minimum atomic E-state index is -4.55. The first-order chi connectivity index (χ1) is 12.4. The van der Waals surface area contributed by atoms with E-state index in [9.17, 15) is 18.0 Å². The molecule has 2 heterocycles. The van der Waals surface area contributed by atoms with E-state index in [-0.39, 0.29) is 12.2 Å². The molecule has 0 aliphatic heterocycles. The van der Waals surface area contributed by atoms with Crippen molar-refractivity contribution in [1.82, 2.24) is 10.3 Å². The highest BCUT2D eigenvalue weighted by Gasteiger charge is 2.33. The van der Waals surface area contributed by atoms with Crippen molar-refractivity contribution in [3.05, 3.63) is 72.1 Å². The maximum atomic E-state index is 12.9. The maximum Gasteiger partial charge on any atom is 0.418 e. The van der Waals surface area contributed by atoms with Crippen molar-refractivity contribution in [2.45, 2.75) is 12.7 Å². The second-order valence-electron chi connectivity index (χ2n) is 5.38. The molecule has 0 saturated heterocycles. The van der Waals surface area contributed by atoms with Crippen LogP contribution in [-0.4, -0.2) is 11.0 Å². The highest BCUT2D eigenvalue weighted by Crippen LogP contribution is 2.34. The van der Waals surface area contributed by atoms with Gasteiger partial charge in [0.15, 0.2) is 5.76 Å². The first-order valence-corrected chi connectivity index (χ1v) is 7.63. The number of anilines is 1. The zero-order valence-corrected chi connectivity index (χ0v) is 13.4. The van der Waals surface area contributed by atoms with Crippen molar-refractivity contribution in [1.29, 1.82) is 0 Å². The number of carbonyl (C=O) groups is 1. The SMILES string of the molecule is O=C(NCc1ccnc(-c2ccco2)c1)Nc1ccccc1C(F)(F)F. The molecule has 134 valence electrons. The third-order valence-electron chi connectivity index (χ3n) is 3.53. The fourth-order valence-electron chi connectivity index (χ4n) is 2.33. The number of hydrogen-bond acceptors (Lipinski definition) is 3. The number of para-hydroxylation sites is 1. The van der Waals surface area contributed by atoms with Crippen LogP contribution in [0.3, 0.4) is 0 Å². The number of urea groups is 1. The fourth-order valence-corrected chi connectivity index (χ4v) is 2.33. The van der Waals surface area contributed by atoms with Crippen LogP contribution >= 0.6 is 0 Å². The Morgan fingerprint density at radius 2 is 1.92 bits per heavy atom. The Morgan fingerprint density at radius 3 is 2.65 bits per heavy atom. The second-order valence-corrected chi connectivity index (χ2v) is 5.38. The van der Waals surface area contributed by atoms with Gasteiger partial charge in [-0.05, 0) is 42.0 Å². The average Bonchev–Trinajstić information content (AvgIpc) is 3.14. The number of aromatic nitrogens is 1. The highest BCUT2D eigenvalue weighted by molar-refractivity contribution is 5.90. The van der Waals surface area contributed by atoms with Gasteiger partial charge < -0.3 is 15.1 Å². The number of hydrogen-bond donors (Lipinski definition) is 2. The topological polar surface area (TPSA) is 67.2 Å². The van der Waals surface area contributed by atoms with Crippen molar-refractivity contribution in [2.75, 3.05) is 5.32 Å². The van der Waals surface area contributed by atoms with Gasteiger partial charge in [-0.15, -0.1) is 0 Å². The Balaban J connectivity index is 1.65. The second kappa shape index (κ2) is 7.30. The predicted octanol–water partition coefficient (Wildman–Crippen LogP) is 4.68. The summed E-state index contributed by atoms with van der Waals surface area (Å²) in [5.41, 5.74) is 0.116. The van der Waals surface area contributed by atoms with Gasteiger partial charge >= 0.3 is 12.2 Å². The number of pyridine rings is 1. The van der Waals surface area contributed by atoms with Crippen LogP contribution in [0, 0.1) is 0 Å². The number of amides is 2. The lowest BCUT2D eigenvalue weighted by atomic mass is 10.1. The normalized spacial score (nSPS) is 11.2. The van der Waals surface area contributed by atoms with Crippen molar-refractivity contribution < 1.29 is 22.4 Å². The van der Waals surface area contributed by atoms with Gasteiger partial charge in [-0.1, -0.05) is 12.1 Å². The molecule has 1 aromatic carbocycles. The quantitative estimate of drug-likeness (QED) is 0.709. The van der Waals surface area contributed by atoms with E-state index in [1.807, 2.05) is 0 Å². The van der Waals surface area contributed by atoms with E-state index in [0.29, 0.717) is 11.5 Å². The number of nitrogens with zero attached hydrogens (tertiary/aromatic N) is 1. The number of carbonyl (C=O) groups excluding carboxylic acids is 1. The average molecular weight is 361 g/mol. The van der Waals surface area contributed by atoms with Crippen molar-refractivity contribution in [3.8, 4) is 11.5 Å². The maximum absolute atomic E-state index is 12.9. The van der Waals surface area contributed by atoms with Crippen LogP contribution in [-0.2, 0) is 12.7 Å².